The summed E-state index contributed by atoms with van der Waals surface area (Å²) in [5.74, 6) is 0.0736. The number of carbonyl (C=O) groups is 2. The van der Waals surface area contributed by atoms with Crippen LogP contribution in [0.15, 0.2) is 18.2 Å². The molecule has 0 N–H and O–H groups in total. The van der Waals surface area contributed by atoms with Crippen LogP contribution in [0.25, 0.3) is 0 Å². The van der Waals surface area contributed by atoms with Gasteiger partial charge in [-0.2, -0.15) is 0 Å². The highest BCUT2D eigenvalue weighted by atomic mass is 16.6. The maximum Gasteiger partial charge on any atom is 0.410 e. The van der Waals surface area contributed by atoms with E-state index in [1.807, 2.05) is 32.0 Å². The molecule has 0 aromatic heterocycles. The molecule has 4 heteroatoms. The molecule has 19 heavy (non-hydrogen) atoms. The van der Waals surface area contributed by atoms with E-state index in [9.17, 15) is 9.59 Å². The Morgan fingerprint density at radius 3 is 2.63 bits per heavy atom. The molecule has 2 rings (SSSR count). The Morgan fingerprint density at radius 2 is 2.00 bits per heavy atom. The number of benzene rings is 1. The lowest BCUT2D eigenvalue weighted by molar-refractivity contribution is 0.0729. The fourth-order valence-corrected chi connectivity index (χ4v) is 2.20. The molecule has 1 aromatic carbocycles. The van der Waals surface area contributed by atoms with Gasteiger partial charge in [0.05, 0.1) is 6.10 Å². The van der Waals surface area contributed by atoms with Crippen LogP contribution in [0.2, 0.25) is 0 Å². The molecule has 1 amide bonds. The highest BCUT2D eigenvalue weighted by Gasteiger charge is 2.22. The van der Waals surface area contributed by atoms with E-state index in [2.05, 4.69) is 0 Å². The predicted molar refractivity (Wildman–Crippen MR) is 72.2 cm³/mol. The lowest BCUT2D eigenvalue weighted by atomic mass is 9.96. The minimum Gasteiger partial charge on any atom is -0.447 e. The van der Waals surface area contributed by atoms with Gasteiger partial charge in [-0.15, -0.1) is 0 Å². The summed E-state index contributed by atoms with van der Waals surface area (Å²) in [6.45, 7) is 6.44. The van der Waals surface area contributed by atoms with Crippen molar-refractivity contribution in [3.63, 3.8) is 0 Å². The Hall–Kier alpha value is -1.84. The zero-order valence-corrected chi connectivity index (χ0v) is 11.6. The van der Waals surface area contributed by atoms with Crippen molar-refractivity contribution in [2.75, 3.05) is 6.54 Å². The summed E-state index contributed by atoms with van der Waals surface area (Å²) >= 11 is 0. The van der Waals surface area contributed by atoms with E-state index in [0.717, 1.165) is 23.1 Å². The van der Waals surface area contributed by atoms with Crippen LogP contribution < -0.4 is 0 Å². The van der Waals surface area contributed by atoms with Crippen LogP contribution in [0.3, 0.4) is 0 Å². The van der Waals surface area contributed by atoms with Crippen LogP contribution in [-0.2, 0) is 17.7 Å². The zero-order chi connectivity index (χ0) is 14.0. The molecule has 1 aliphatic heterocycles. The standard InChI is InChI=1S/C15H19NO3/c1-10(2)19-15(18)16-7-6-13-8-12(11(3)17)4-5-14(13)9-16/h4-5,8,10H,6-7,9H2,1-3H3. The summed E-state index contributed by atoms with van der Waals surface area (Å²) in [6.07, 6.45) is 0.397. The van der Waals surface area contributed by atoms with E-state index < -0.39 is 0 Å². The van der Waals surface area contributed by atoms with E-state index >= 15 is 0 Å². The molecule has 0 fully saturated rings. The Kier molecular flexibility index (Phi) is 3.88. The molecule has 0 radical (unpaired) electrons. The lowest BCUT2D eigenvalue weighted by Crippen LogP contribution is -2.37. The van der Waals surface area contributed by atoms with Crippen molar-refractivity contribution in [3.8, 4) is 0 Å². The summed E-state index contributed by atoms with van der Waals surface area (Å²) in [4.78, 5) is 24.9. The Bertz CT molecular complexity index is 508. The first-order chi connectivity index (χ1) is 8.97. The third kappa shape index (κ3) is 3.13. The third-order valence-corrected chi connectivity index (χ3v) is 3.22. The van der Waals surface area contributed by atoms with Crippen molar-refractivity contribution in [1.29, 1.82) is 0 Å². The van der Waals surface area contributed by atoms with Gasteiger partial charge in [0.1, 0.15) is 0 Å². The first kappa shape index (κ1) is 13.6. The maximum absolute atomic E-state index is 11.8. The van der Waals surface area contributed by atoms with Gasteiger partial charge >= 0.3 is 6.09 Å². The monoisotopic (exact) mass is 261 g/mol. The topological polar surface area (TPSA) is 46.6 Å². The first-order valence-electron chi connectivity index (χ1n) is 6.55. The molecule has 0 aliphatic carbocycles. The first-order valence-corrected chi connectivity index (χ1v) is 6.55. The van der Waals surface area contributed by atoms with Crippen LogP contribution >= 0.6 is 0 Å². The van der Waals surface area contributed by atoms with E-state index in [4.69, 9.17) is 4.74 Å². The van der Waals surface area contributed by atoms with E-state index in [-0.39, 0.29) is 18.0 Å². The minimum absolute atomic E-state index is 0.0736. The number of ketones is 1. The van der Waals surface area contributed by atoms with Crippen LogP contribution in [0.1, 0.15) is 42.3 Å². The normalized spacial score (nSPS) is 14.2. The molecule has 1 aliphatic rings. The van der Waals surface area contributed by atoms with Crippen molar-refractivity contribution >= 4 is 11.9 Å². The van der Waals surface area contributed by atoms with Crippen LogP contribution in [0.4, 0.5) is 4.79 Å². The predicted octanol–water partition coefficient (Wildman–Crippen LogP) is 2.79. The van der Waals surface area contributed by atoms with Crippen molar-refractivity contribution < 1.29 is 14.3 Å². The van der Waals surface area contributed by atoms with Gasteiger partial charge in [0, 0.05) is 18.7 Å². The smallest absolute Gasteiger partial charge is 0.410 e. The fraction of sp³-hybridized carbons (Fsp3) is 0.467. The summed E-state index contributed by atoms with van der Waals surface area (Å²) < 4.78 is 5.20. The van der Waals surface area contributed by atoms with Gasteiger partial charge < -0.3 is 9.64 Å². The largest absolute Gasteiger partial charge is 0.447 e. The number of carbonyl (C=O) groups excluding carboxylic acids is 2. The van der Waals surface area contributed by atoms with E-state index in [0.29, 0.717) is 13.1 Å². The summed E-state index contributed by atoms with van der Waals surface area (Å²) in [7, 11) is 0. The van der Waals surface area contributed by atoms with Gasteiger partial charge in [0.15, 0.2) is 5.78 Å². The van der Waals surface area contributed by atoms with Crippen molar-refractivity contribution in [2.24, 2.45) is 0 Å². The molecule has 0 saturated carbocycles. The molecular formula is C15H19NO3. The Morgan fingerprint density at radius 1 is 1.26 bits per heavy atom. The number of hydrogen-bond acceptors (Lipinski definition) is 3. The summed E-state index contributed by atoms with van der Waals surface area (Å²) in [6, 6.07) is 5.68. The molecule has 102 valence electrons. The average Bonchev–Trinajstić information content (AvgIpc) is 2.36. The van der Waals surface area contributed by atoms with Gasteiger partial charge in [-0.25, -0.2) is 4.79 Å². The highest BCUT2D eigenvalue weighted by Crippen LogP contribution is 2.21. The number of rotatable bonds is 2. The second kappa shape index (κ2) is 5.43. The van der Waals surface area contributed by atoms with E-state index in [1.165, 1.54) is 0 Å². The molecule has 1 aromatic rings. The van der Waals surface area contributed by atoms with Crippen molar-refractivity contribution in [2.45, 2.75) is 39.8 Å². The van der Waals surface area contributed by atoms with Crippen LogP contribution in [0.5, 0.6) is 0 Å². The fourth-order valence-electron chi connectivity index (χ4n) is 2.20. The van der Waals surface area contributed by atoms with Gasteiger partial charge in [-0.3, -0.25) is 4.79 Å². The van der Waals surface area contributed by atoms with Gasteiger partial charge in [0.25, 0.3) is 0 Å². The van der Waals surface area contributed by atoms with Gasteiger partial charge in [-0.1, -0.05) is 12.1 Å². The average molecular weight is 261 g/mol. The lowest BCUT2D eigenvalue weighted by Gasteiger charge is -2.29. The second-order valence-electron chi connectivity index (χ2n) is 5.14. The van der Waals surface area contributed by atoms with Crippen LogP contribution in [-0.4, -0.2) is 29.4 Å². The molecular weight excluding hydrogens is 242 g/mol. The quantitative estimate of drug-likeness (QED) is 0.769. The summed E-state index contributed by atoms with van der Waals surface area (Å²) in [5.41, 5.74) is 2.98. The Balaban J connectivity index is 2.12. The molecule has 1 heterocycles. The zero-order valence-electron chi connectivity index (χ0n) is 11.6. The highest BCUT2D eigenvalue weighted by molar-refractivity contribution is 5.94. The number of hydrogen-bond donors (Lipinski definition) is 0. The molecule has 0 saturated heterocycles. The molecule has 4 nitrogen and oxygen atoms in total. The molecule has 0 atom stereocenters. The number of amides is 1. The number of ether oxygens (including phenoxy) is 1. The second-order valence-corrected chi connectivity index (χ2v) is 5.14. The molecule has 0 spiro atoms. The van der Waals surface area contributed by atoms with Gasteiger partial charge in [0.2, 0.25) is 0 Å². The minimum atomic E-state index is -0.267. The maximum atomic E-state index is 11.8. The third-order valence-electron chi connectivity index (χ3n) is 3.22. The summed E-state index contributed by atoms with van der Waals surface area (Å²) in [5, 5.41) is 0. The number of fused-ring (bicyclic) bond motifs is 1. The number of Topliss-reactive ketones (excluding diaryl/α,β-unsaturated/α-hetero) is 1. The van der Waals surface area contributed by atoms with Crippen LogP contribution in [0, 0.1) is 0 Å². The SMILES string of the molecule is CC(=O)c1ccc2c(c1)CCN(C(=O)OC(C)C)C2. The Labute approximate surface area is 113 Å². The van der Waals surface area contributed by atoms with Gasteiger partial charge in [-0.05, 0) is 44.4 Å². The molecule has 0 unspecified atom stereocenters. The van der Waals surface area contributed by atoms with Crippen molar-refractivity contribution in [3.05, 3.63) is 34.9 Å². The van der Waals surface area contributed by atoms with E-state index in [1.54, 1.807) is 11.8 Å². The molecule has 0 bridgehead atoms. The number of nitrogens with zero attached hydrogens (tertiary/aromatic N) is 1. The van der Waals surface area contributed by atoms with Crippen molar-refractivity contribution in [1.82, 2.24) is 4.90 Å².